The predicted octanol–water partition coefficient (Wildman–Crippen LogP) is 5.91. The second kappa shape index (κ2) is 19.8. The van der Waals surface area contributed by atoms with E-state index in [1.807, 2.05) is 88.7 Å². The highest BCUT2D eigenvalue weighted by atomic mass is 16.3. The number of phenols is 1. The van der Waals surface area contributed by atoms with Crippen molar-refractivity contribution in [2.75, 3.05) is 47.8 Å². The number of carbonyl (C=O) groups excluding carboxylic acids is 3. The minimum absolute atomic E-state index is 0.0236. The Kier molecular flexibility index (Phi) is 13.2. The zero-order valence-electron chi connectivity index (χ0n) is 40.7. The molecule has 0 bridgehead atoms. The van der Waals surface area contributed by atoms with Crippen LogP contribution in [0.3, 0.4) is 0 Å². The average molecular weight is 959 g/mol. The van der Waals surface area contributed by atoms with Crippen LogP contribution in [-0.4, -0.2) is 120 Å². The van der Waals surface area contributed by atoms with Crippen molar-refractivity contribution in [2.24, 2.45) is 18.4 Å². The molecular formula is C54H62N12O5. The summed E-state index contributed by atoms with van der Waals surface area (Å²) >= 11 is 0. The van der Waals surface area contributed by atoms with Crippen molar-refractivity contribution in [1.82, 2.24) is 45.5 Å². The van der Waals surface area contributed by atoms with Crippen LogP contribution in [0.4, 0.5) is 17.5 Å². The number of nitrogens with one attached hydrogen (secondary N) is 3. The number of aliphatic hydroxyl groups is 1. The molecule has 3 aliphatic heterocycles. The van der Waals surface area contributed by atoms with Crippen molar-refractivity contribution in [2.45, 2.75) is 89.6 Å². The van der Waals surface area contributed by atoms with Gasteiger partial charge in [-0.05, 0) is 83.5 Å². The summed E-state index contributed by atoms with van der Waals surface area (Å²) < 4.78 is 1.80. The van der Waals surface area contributed by atoms with Crippen LogP contribution in [0.15, 0.2) is 104 Å². The lowest BCUT2D eigenvalue weighted by Crippen LogP contribution is -2.58. The Balaban J connectivity index is 0.708. The molecule has 0 spiro atoms. The van der Waals surface area contributed by atoms with Crippen LogP contribution in [0.5, 0.6) is 5.75 Å². The molecule has 10 rings (SSSR count). The Morgan fingerprint density at radius 1 is 0.845 bits per heavy atom. The van der Waals surface area contributed by atoms with Gasteiger partial charge in [0, 0.05) is 88.4 Å². The van der Waals surface area contributed by atoms with Gasteiger partial charge in [0.15, 0.2) is 5.82 Å². The van der Waals surface area contributed by atoms with E-state index in [4.69, 9.17) is 9.97 Å². The van der Waals surface area contributed by atoms with E-state index in [1.165, 1.54) is 10.5 Å². The summed E-state index contributed by atoms with van der Waals surface area (Å²) in [5.41, 5.74) is 7.70. The van der Waals surface area contributed by atoms with Crippen molar-refractivity contribution in [3.63, 3.8) is 0 Å². The number of phenolic OH excluding ortho intramolecular Hbond substituents is 1. The van der Waals surface area contributed by atoms with Gasteiger partial charge in [-0.1, -0.05) is 81.4 Å². The molecule has 3 amide bonds. The van der Waals surface area contributed by atoms with Crippen LogP contribution in [0.25, 0.3) is 33.6 Å². The van der Waals surface area contributed by atoms with Crippen molar-refractivity contribution >= 4 is 35.2 Å². The summed E-state index contributed by atoms with van der Waals surface area (Å²) in [4.78, 5) is 57.5. The number of fused-ring (bicyclic) bond motifs is 3. The number of likely N-dealkylation sites (tertiary alicyclic amines) is 1. The third-order valence-electron chi connectivity index (χ3n) is 14.8. The monoisotopic (exact) mass is 958 g/mol. The number of aryl methyl sites for hydroxylation is 1. The summed E-state index contributed by atoms with van der Waals surface area (Å²) in [6.45, 7) is 9.00. The Morgan fingerprint density at radius 3 is 2.28 bits per heavy atom. The number of β-amino-alcohol motifs (C(OH)–C–C–N with tert-alkyl or cyclic N) is 1. The molecule has 1 aliphatic carbocycles. The lowest BCUT2D eigenvalue weighted by atomic mass is 9.77. The number of aromatic nitrogens is 6. The Morgan fingerprint density at radius 2 is 1.58 bits per heavy atom. The first-order valence-electron chi connectivity index (χ1n) is 24.7. The molecule has 17 heteroatoms. The molecule has 4 atom stereocenters. The number of nitrogens with zero attached hydrogens (tertiary/aromatic N) is 9. The standard InChI is InChI=1S/C54H62N12O5/c1-54(2,3)48(52(71)66-32-41(67)25-46(66)51(70)56-27-33-9-11-37(12-10-33)44-21-22-59-63(44)4)60-50(69)38-19-17-35(18-20-38)34-13-15-36(16-14-34)39-28-57-53(58-29-39)64-23-24-65-40(31-64)30-55-49-45(65)26-43(61-62-49)42-7-5-6-8-47(42)68/h5-16,21-22,26,28-29,35,38,40-41,46,48,67-68H,17-20,23-25,27,30-32H2,1-4H3,(H,55,62)(H,56,70)(H,60,69)/t35-,38+,40-,41+,46-,48+/m0/s1. The molecule has 0 unspecified atom stereocenters. The number of aromatic hydroxyl groups is 1. The summed E-state index contributed by atoms with van der Waals surface area (Å²) in [5.74, 6) is 0.824. The minimum atomic E-state index is -0.876. The van der Waals surface area contributed by atoms with Crippen LogP contribution >= 0.6 is 0 Å². The summed E-state index contributed by atoms with van der Waals surface area (Å²) in [5, 5.41) is 43.7. The highest BCUT2D eigenvalue weighted by Gasteiger charge is 2.45. The molecule has 368 valence electrons. The van der Waals surface area contributed by atoms with Gasteiger partial charge >= 0.3 is 0 Å². The maximum atomic E-state index is 14.3. The second-order valence-corrected chi connectivity index (χ2v) is 20.6. The smallest absolute Gasteiger partial charge is 0.246 e. The molecular weight excluding hydrogens is 897 g/mol. The number of carbonyl (C=O) groups is 3. The number of aliphatic hydroxyl groups excluding tert-OH is 1. The number of piperazine rings is 1. The van der Waals surface area contributed by atoms with Crippen molar-refractivity contribution in [3.05, 3.63) is 115 Å². The molecule has 6 aromatic rings. The Bertz CT molecular complexity index is 2880. The molecule has 4 aliphatic rings. The summed E-state index contributed by atoms with van der Waals surface area (Å²) in [7, 11) is 1.89. The molecule has 2 saturated heterocycles. The number of benzene rings is 3. The highest BCUT2D eigenvalue weighted by molar-refractivity contribution is 5.93. The van der Waals surface area contributed by atoms with Crippen molar-refractivity contribution in [3.8, 4) is 39.4 Å². The zero-order valence-corrected chi connectivity index (χ0v) is 40.7. The normalized spacial score (nSPS) is 21.4. The van der Waals surface area contributed by atoms with Gasteiger partial charge in [0.2, 0.25) is 23.7 Å². The van der Waals surface area contributed by atoms with Crippen LogP contribution in [0, 0.1) is 11.3 Å². The molecule has 5 N–H and O–H groups in total. The molecule has 17 nitrogen and oxygen atoms in total. The van der Waals surface area contributed by atoms with E-state index in [0.29, 0.717) is 42.5 Å². The zero-order chi connectivity index (χ0) is 49.4. The minimum Gasteiger partial charge on any atom is -0.507 e. The quantitative estimate of drug-likeness (QED) is 0.103. The van der Waals surface area contributed by atoms with Gasteiger partial charge in [-0.3, -0.25) is 19.1 Å². The molecule has 6 heterocycles. The van der Waals surface area contributed by atoms with Crippen LogP contribution in [0.2, 0.25) is 0 Å². The first kappa shape index (κ1) is 47.3. The van der Waals surface area contributed by atoms with E-state index in [0.717, 1.165) is 71.9 Å². The summed E-state index contributed by atoms with van der Waals surface area (Å²) in [6, 6.07) is 26.0. The van der Waals surface area contributed by atoms with Gasteiger partial charge in [0.25, 0.3) is 0 Å². The highest BCUT2D eigenvalue weighted by Crippen LogP contribution is 2.39. The second-order valence-electron chi connectivity index (χ2n) is 20.6. The number of amides is 3. The molecule has 3 aromatic heterocycles. The van der Waals surface area contributed by atoms with E-state index >= 15 is 0 Å². The van der Waals surface area contributed by atoms with Crippen molar-refractivity contribution < 1.29 is 24.6 Å². The van der Waals surface area contributed by atoms with E-state index in [2.05, 4.69) is 65.3 Å². The molecule has 71 heavy (non-hydrogen) atoms. The average Bonchev–Trinajstić information content (AvgIpc) is 4.01. The van der Waals surface area contributed by atoms with E-state index in [1.54, 1.807) is 23.0 Å². The number of hydrogen-bond acceptors (Lipinski definition) is 13. The first-order valence-corrected chi connectivity index (χ1v) is 24.7. The van der Waals surface area contributed by atoms with Gasteiger partial charge in [-0.2, -0.15) is 5.10 Å². The van der Waals surface area contributed by atoms with Crippen LogP contribution < -0.4 is 25.8 Å². The van der Waals surface area contributed by atoms with E-state index in [-0.39, 0.29) is 54.9 Å². The number of para-hydroxylation sites is 1. The Hall–Kier alpha value is -7.40. The Labute approximate surface area is 413 Å². The van der Waals surface area contributed by atoms with Gasteiger partial charge < -0.3 is 40.9 Å². The van der Waals surface area contributed by atoms with Gasteiger partial charge in [0.1, 0.15) is 17.8 Å². The van der Waals surface area contributed by atoms with Crippen LogP contribution in [0.1, 0.15) is 69.9 Å². The van der Waals surface area contributed by atoms with E-state index < -0.39 is 23.6 Å². The SMILES string of the molecule is Cn1nccc1-c1ccc(CNC(=O)[C@@H]2C[C@@H](O)CN2C(=O)[C@@H](NC(=O)[C@H]2CC[C@@H](c3ccc(-c4cnc(N5CCN6c7cc(-c8ccccc8O)nnc7NC[C@H]6C5)nc4)cc3)CC2)C(C)(C)C)cc1. The largest absolute Gasteiger partial charge is 0.507 e. The lowest BCUT2D eigenvalue weighted by Gasteiger charge is -2.45. The maximum absolute atomic E-state index is 14.3. The topological polar surface area (TPSA) is 207 Å². The first-order chi connectivity index (χ1) is 34.3. The van der Waals surface area contributed by atoms with Gasteiger partial charge in [-0.15, -0.1) is 10.2 Å². The van der Waals surface area contributed by atoms with E-state index in [9.17, 15) is 24.6 Å². The third kappa shape index (κ3) is 10.0. The third-order valence-corrected chi connectivity index (χ3v) is 14.8. The molecule has 3 aromatic carbocycles. The maximum Gasteiger partial charge on any atom is 0.246 e. The van der Waals surface area contributed by atoms with Crippen molar-refractivity contribution in [1.29, 1.82) is 0 Å². The predicted molar refractivity (Wildman–Crippen MR) is 271 cm³/mol. The lowest BCUT2D eigenvalue weighted by molar-refractivity contribution is -0.144. The number of hydrogen-bond donors (Lipinski definition) is 5. The summed E-state index contributed by atoms with van der Waals surface area (Å²) in [6.07, 6.45) is 7.88. The van der Waals surface area contributed by atoms with Gasteiger partial charge in [-0.25, -0.2) is 9.97 Å². The van der Waals surface area contributed by atoms with Gasteiger partial charge in [0.05, 0.1) is 29.2 Å². The van der Waals surface area contributed by atoms with Crippen LogP contribution in [-0.2, 0) is 28.0 Å². The number of rotatable bonds is 11. The molecule has 1 saturated carbocycles. The number of anilines is 3. The molecule has 0 radical (unpaired) electrons. The fraction of sp³-hybridized carbons (Fsp3) is 0.407. The molecule has 3 fully saturated rings. The fourth-order valence-electron chi connectivity index (χ4n) is 10.7. The fourth-order valence-corrected chi connectivity index (χ4v) is 10.7.